The van der Waals surface area contributed by atoms with Crippen molar-refractivity contribution in [3.05, 3.63) is 0 Å². The van der Waals surface area contributed by atoms with E-state index in [1.54, 1.807) is 7.11 Å². The number of piperidine rings is 2. The van der Waals surface area contributed by atoms with Gasteiger partial charge in [-0.05, 0) is 51.1 Å². The molecule has 2 N–H and O–H groups in total. The van der Waals surface area contributed by atoms with Crippen LogP contribution in [0.5, 0.6) is 0 Å². The molecule has 2 fully saturated rings. The Morgan fingerprint density at radius 2 is 1.91 bits per heavy atom. The molecule has 2 saturated heterocycles. The number of methoxy groups -OCH3 is 1. The number of carbonyl (C=O) groups is 1. The summed E-state index contributed by atoms with van der Waals surface area (Å²) in [6.45, 7) is 11.6. The minimum Gasteiger partial charge on any atom is -0.368 e. The van der Waals surface area contributed by atoms with E-state index >= 15 is 0 Å². The predicted octanol–water partition coefficient (Wildman–Crippen LogP) is 1.24. The first-order valence-electron chi connectivity index (χ1n) is 8.74. The molecular formula is C17H33N3O2. The van der Waals surface area contributed by atoms with E-state index in [9.17, 15) is 4.79 Å². The van der Waals surface area contributed by atoms with Crippen molar-refractivity contribution in [1.82, 2.24) is 15.5 Å². The van der Waals surface area contributed by atoms with Gasteiger partial charge in [0.25, 0.3) is 5.91 Å². The van der Waals surface area contributed by atoms with E-state index in [1.807, 2.05) is 0 Å². The first-order chi connectivity index (χ1) is 10.4. The molecule has 0 bridgehead atoms. The van der Waals surface area contributed by atoms with Gasteiger partial charge in [0, 0.05) is 32.8 Å². The Bertz CT molecular complexity index is 359. The Labute approximate surface area is 135 Å². The number of hydrogen-bond acceptors (Lipinski definition) is 4. The van der Waals surface area contributed by atoms with Gasteiger partial charge in [0.2, 0.25) is 0 Å². The van der Waals surface area contributed by atoms with Crippen LogP contribution < -0.4 is 10.6 Å². The molecule has 1 amide bonds. The van der Waals surface area contributed by atoms with E-state index in [1.165, 1.54) is 6.42 Å². The summed E-state index contributed by atoms with van der Waals surface area (Å²) in [5.74, 6) is 1.56. The average molecular weight is 311 g/mol. The van der Waals surface area contributed by atoms with Crippen LogP contribution in [-0.4, -0.2) is 62.3 Å². The van der Waals surface area contributed by atoms with Crippen molar-refractivity contribution in [2.75, 3.05) is 39.8 Å². The molecule has 5 nitrogen and oxygen atoms in total. The second kappa shape index (κ2) is 7.75. The number of nitrogens with one attached hydrogen (secondary N) is 2. The van der Waals surface area contributed by atoms with Gasteiger partial charge in [0.1, 0.15) is 5.60 Å². The minimum atomic E-state index is -0.637. The van der Waals surface area contributed by atoms with Gasteiger partial charge in [-0.25, -0.2) is 0 Å². The van der Waals surface area contributed by atoms with Crippen molar-refractivity contribution in [2.45, 2.75) is 51.7 Å². The van der Waals surface area contributed by atoms with Crippen molar-refractivity contribution in [3.8, 4) is 0 Å². The van der Waals surface area contributed by atoms with Gasteiger partial charge in [-0.2, -0.15) is 0 Å². The highest BCUT2D eigenvalue weighted by Gasteiger charge is 2.40. The first-order valence-corrected chi connectivity index (χ1v) is 8.74. The van der Waals surface area contributed by atoms with E-state index in [2.05, 4.69) is 36.3 Å². The molecule has 0 saturated carbocycles. The van der Waals surface area contributed by atoms with E-state index in [4.69, 9.17) is 4.74 Å². The lowest BCUT2D eigenvalue weighted by Crippen LogP contribution is -2.57. The van der Waals surface area contributed by atoms with Crippen LogP contribution in [0.2, 0.25) is 0 Å². The third-order valence-electron chi connectivity index (χ3n) is 5.07. The van der Waals surface area contributed by atoms with E-state index in [0.29, 0.717) is 0 Å². The molecule has 2 rings (SSSR count). The van der Waals surface area contributed by atoms with Crippen molar-refractivity contribution in [2.24, 2.45) is 11.8 Å². The van der Waals surface area contributed by atoms with E-state index in [0.717, 1.165) is 57.4 Å². The normalized spacial score (nSPS) is 30.7. The van der Waals surface area contributed by atoms with E-state index < -0.39 is 5.60 Å². The number of rotatable bonds is 5. The molecule has 2 aliphatic heterocycles. The molecule has 2 aliphatic rings. The van der Waals surface area contributed by atoms with Crippen molar-refractivity contribution in [1.29, 1.82) is 0 Å². The molecule has 22 heavy (non-hydrogen) atoms. The zero-order chi connectivity index (χ0) is 16.2. The SMILES string of the molecule is COC1(C(=O)NC(C)CN2CC(C)CC(C)C2)CCNCC1. The number of carbonyl (C=O) groups excluding carboxylic acids is 1. The summed E-state index contributed by atoms with van der Waals surface area (Å²) in [4.78, 5) is 15.1. The monoisotopic (exact) mass is 311 g/mol. The Morgan fingerprint density at radius 1 is 1.32 bits per heavy atom. The molecule has 0 aromatic rings. The fourth-order valence-corrected chi connectivity index (χ4v) is 4.08. The fraction of sp³-hybridized carbons (Fsp3) is 0.941. The summed E-state index contributed by atoms with van der Waals surface area (Å²) >= 11 is 0. The van der Waals surface area contributed by atoms with Gasteiger partial charge in [-0.1, -0.05) is 13.8 Å². The highest BCUT2D eigenvalue weighted by atomic mass is 16.5. The molecule has 0 aromatic carbocycles. The van der Waals surface area contributed by atoms with Crippen molar-refractivity contribution in [3.63, 3.8) is 0 Å². The largest absolute Gasteiger partial charge is 0.368 e. The highest BCUT2D eigenvalue weighted by Crippen LogP contribution is 2.23. The van der Waals surface area contributed by atoms with Crippen LogP contribution in [0.25, 0.3) is 0 Å². The van der Waals surface area contributed by atoms with Crippen molar-refractivity contribution >= 4 is 5.91 Å². The minimum absolute atomic E-state index is 0.0575. The summed E-state index contributed by atoms with van der Waals surface area (Å²) < 4.78 is 5.60. The Hall–Kier alpha value is -0.650. The Morgan fingerprint density at radius 3 is 2.45 bits per heavy atom. The number of amides is 1. The van der Waals surface area contributed by atoms with Gasteiger partial charge < -0.3 is 20.3 Å². The second-order valence-corrected chi connectivity index (χ2v) is 7.49. The summed E-state index contributed by atoms with van der Waals surface area (Å²) in [5.41, 5.74) is -0.637. The summed E-state index contributed by atoms with van der Waals surface area (Å²) in [6, 6.07) is 0.159. The van der Waals surface area contributed by atoms with Crippen LogP contribution in [0, 0.1) is 11.8 Å². The predicted molar refractivity (Wildman–Crippen MR) is 88.8 cm³/mol. The molecule has 2 heterocycles. The third-order valence-corrected chi connectivity index (χ3v) is 5.07. The maximum Gasteiger partial charge on any atom is 0.252 e. The average Bonchev–Trinajstić information content (AvgIpc) is 2.46. The van der Waals surface area contributed by atoms with Crippen LogP contribution in [0.15, 0.2) is 0 Å². The number of hydrogen-bond donors (Lipinski definition) is 2. The van der Waals surface area contributed by atoms with Gasteiger partial charge in [-0.3, -0.25) is 4.79 Å². The maximum atomic E-state index is 12.6. The fourth-order valence-electron chi connectivity index (χ4n) is 4.08. The quantitative estimate of drug-likeness (QED) is 0.802. The lowest BCUT2D eigenvalue weighted by molar-refractivity contribution is -0.147. The van der Waals surface area contributed by atoms with Crippen LogP contribution in [0.4, 0.5) is 0 Å². The molecule has 0 aromatic heterocycles. The molecule has 128 valence electrons. The summed E-state index contributed by atoms with van der Waals surface area (Å²) in [7, 11) is 1.66. The van der Waals surface area contributed by atoms with Crippen molar-refractivity contribution < 1.29 is 9.53 Å². The van der Waals surface area contributed by atoms with Gasteiger partial charge >= 0.3 is 0 Å². The molecule has 3 atom stereocenters. The number of ether oxygens (including phenoxy) is 1. The maximum absolute atomic E-state index is 12.6. The highest BCUT2D eigenvalue weighted by molar-refractivity contribution is 5.85. The van der Waals surface area contributed by atoms with Crippen LogP contribution >= 0.6 is 0 Å². The van der Waals surface area contributed by atoms with Crippen LogP contribution in [0.1, 0.15) is 40.0 Å². The number of likely N-dealkylation sites (tertiary alicyclic amines) is 1. The second-order valence-electron chi connectivity index (χ2n) is 7.49. The van der Waals surface area contributed by atoms with Gasteiger partial charge in [0.15, 0.2) is 0 Å². The Kier molecular flexibility index (Phi) is 6.24. The van der Waals surface area contributed by atoms with Gasteiger partial charge in [-0.15, -0.1) is 0 Å². The Balaban J connectivity index is 1.85. The summed E-state index contributed by atoms with van der Waals surface area (Å²) in [5, 5.41) is 6.47. The smallest absolute Gasteiger partial charge is 0.252 e. The zero-order valence-electron chi connectivity index (χ0n) is 14.7. The standard InChI is InChI=1S/C17H33N3O2/c1-13-9-14(2)11-20(10-13)12-15(3)19-16(21)17(22-4)5-7-18-8-6-17/h13-15,18H,5-12H2,1-4H3,(H,19,21). The van der Waals surface area contributed by atoms with Crippen LogP contribution in [0.3, 0.4) is 0 Å². The molecule has 0 radical (unpaired) electrons. The lowest BCUT2D eigenvalue weighted by Gasteiger charge is -2.38. The summed E-state index contributed by atoms with van der Waals surface area (Å²) in [6.07, 6.45) is 2.82. The molecular weight excluding hydrogens is 278 g/mol. The number of nitrogens with zero attached hydrogens (tertiary/aromatic N) is 1. The first kappa shape index (κ1) is 17.7. The molecule has 3 unspecified atom stereocenters. The molecule has 0 aliphatic carbocycles. The molecule has 0 spiro atoms. The topological polar surface area (TPSA) is 53.6 Å². The van der Waals surface area contributed by atoms with Crippen LogP contribution in [-0.2, 0) is 9.53 Å². The zero-order valence-corrected chi connectivity index (χ0v) is 14.7. The third kappa shape index (κ3) is 4.43. The van der Waals surface area contributed by atoms with Gasteiger partial charge in [0.05, 0.1) is 0 Å². The molecule has 5 heteroatoms. The van der Waals surface area contributed by atoms with E-state index in [-0.39, 0.29) is 11.9 Å². The lowest BCUT2D eigenvalue weighted by atomic mass is 9.90.